The largest absolute Gasteiger partial charge is 0.353 e. The Morgan fingerprint density at radius 3 is 2.77 bits per heavy atom. The molecule has 1 unspecified atom stereocenters. The Morgan fingerprint density at radius 2 is 2.06 bits per heavy atom. The van der Waals surface area contributed by atoms with Crippen LogP contribution in [-0.2, 0) is 4.79 Å². The number of benzene rings is 1. The van der Waals surface area contributed by atoms with Gasteiger partial charge in [0.15, 0.2) is 23.4 Å². The number of halogens is 5. The number of aliphatic imine (C=N–C) groups is 1. The highest BCUT2D eigenvalue weighted by atomic mass is 127. The summed E-state index contributed by atoms with van der Waals surface area (Å²) in [6.45, 7) is 1.14. The van der Waals surface area contributed by atoms with Crippen LogP contribution in [0, 0.1) is 17.5 Å². The fraction of sp³-hybridized carbons (Fsp3) is 0.316. The molecule has 1 aliphatic heterocycles. The molecule has 31 heavy (non-hydrogen) atoms. The number of hydrogen-bond donors (Lipinski definition) is 3. The number of nitrogens with zero attached hydrogens (tertiary/aromatic N) is 3. The molecule has 1 aromatic carbocycles. The summed E-state index contributed by atoms with van der Waals surface area (Å²) in [6.07, 6.45) is 2.48. The minimum atomic E-state index is -1.64. The van der Waals surface area contributed by atoms with E-state index < -0.39 is 29.0 Å². The molecule has 1 aliphatic rings. The van der Waals surface area contributed by atoms with Gasteiger partial charge in [0.2, 0.25) is 5.91 Å². The third-order valence-electron chi connectivity index (χ3n) is 4.52. The van der Waals surface area contributed by atoms with Crippen molar-refractivity contribution in [3.63, 3.8) is 0 Å². The van der Waals surface area contributed by atoms with Crippen molar-refractivity contribution in [3.05, 3.63) is 52.9 Å². The van der Waals surface area contributed by atoms with Crippen molar-refractivity contribution in [1.82, 2.24) is 15.6 Å². The number of guanidine groups is 1. The Hall–Kier alpha value is -2.28. The molecule has 168 valence electrons. The SMILES string of the molecule is CN=C(NCC(=O)Nc1ccc(F)c(F)c1F)NC1CCN(c2ncccc2Cl)C1.I. The number of carbonyl (C=O) groups is 1. The van der Waals surface area contributed by atoms with E-state index in [2.05, 4.69) is 25.9 Å². The van der Waals surface area contributed by atoms with Crippen LogP contribution in [0.2, 0.25) is 5.02 Å². The van der Waals surface area contributed by atoms with Crippen LogP contribution in [0.4, 0.5) is 24.7 Å². The molecular formula is C19H21ClF3IN6O. The number of carbonyl (C=O) groups excluding carboxylic acids is 1. The molecule has 0 bridgehead atoms. The predicted molar refractivity (Wildman–Crippen MR) is 125 cm³/mol. The minimum Gasteiger partial charge on any atom is -0.353 e. The first kappa shape index (κ1) is 25.0. The van der Waals surface area contributed by atoms with Crippen LogP contribution in [0.5, 0.6) is 0 Å². The van der Waals surface area contributed by atoms with Crippen LogP contribution in [0.15, 0.2) is 35.5 Å². The fourth-order valence-corrected chi connectivity index (χ4v) is 3.29. The summed E-state index contributed by atoms with van der Waals surface area (Å²) in [4.78, 5) is 22.4. The van der Waals surface area contributed by atoms with Gasteiger partial charge in [-0.15, -0.1) is 24.0 Å². The zero-order valence-electron chi connectivity index (χ0n) is 16.5. The average Bonchev–Trinajstić information content (AvgIpc) is 3.20. The fourth-order valence-electron chi connectivity index (χ4n) is 3.05. The van der Waals surface area contributed by atoms with Crippen LogP contribution in [-0.4, -0.2) is 49.6 Å². The molecule has 12 heteroatoms. The highest BCUT2D eigenvalue weighted by Crippen LogP contribution is 2.25. The van der Waals surface area contributed by atoms with Gasteiger partial charge >= 0.3 is 0 Å². The van der Waals surface area contributed by atoms with Gasteiger partial charge in [0.1, 0.15) is 5.82 Å². The van der Waals surface area contributed by atoms with E-state index in [4.69, 9.17) is 11.6 Å². The van der Waals surface area contributed by atoms with Crippen molar-refractivity contribution in [1.29, 1.82) is 0 Å². The summed E-state index contributed by atoms with van der Waals surface area (Å²) in [5.74, 6) is -3.99. The summed E-state index contributed by atoms with van der Waals surface area (Å²) >= 11 is 6.19. The number of anilines is 2. The van der Waals surface area contributed by atoms with Crippen molar-refractivity contribution in [3.8, 4) is 0 Å². The third-order valence-corrected chi connectivity index (χ3v) is 4.81. The Morgan fingerprint density at radius 1 is 1.29 bits per heavy atom. The number of nitrogens with one attached hydrogen (secondary N) is 3. The molecule has 7 nitrogen and oxygen atoms in total. The van der Waals surface area contributed by atoms with Gasteiger partial charge in [0.05, 0.1) is 17.3 Å². The maximum atomic E-state index is 13.7. The van der Waals surface area contributed by atoms with Gasteiger partial charge in [-0.3, -0.25) is 9.79 Å². The van der Waals surface area contributed by atoms with Gasteiger partial charge in [-0.2, -0.15) is 0 Å². The lowest BCUT2D eigenvalue weighted by Gasteiger charge is -2.20. The summed E-state index contributed by atoms with van der Waals surface area (Å²) in [5.41, 5.74) is -0.442. The Balaban J connectivity index is 0.00000341. The first-order valence-electron chi connectivity index (χ1n) is 9.15. The second-order valence-corrected chi connectivity index (χ2v) is 6.99. The molecule has 1 amide bonds. The van der Waals surface area contributed by atoms with E-state index in [1.165, 1.54) is 0 Å². The molecule has 1 aromatic heterocycles. The Kier molecular flexibility index (Phi) is 9.16. The summed E-state index contributed by atoms with van der Waals surface area (Å²) in [7, 11) is 1.55. The zero-order chi connectivity index (χ0) is 21.7. The molecular weight excluding hydrogens is 548 g/mol. The van der Waals surface area contributed by atoms with Gasteiger partial charge in [-0.1, -0.05) is 11.6 Å². The molecule has 0 radical (unpaired) electrons. The molecule has 3 N–H and O–H groups in total. The first-order chi connectivity index (χ1) is 14.4. The lowest BCUT2D eigenvalue weighted by Crippen LogP contribution is -2.46. The predicted octanol–water partition coefficient (Wildman–Crippen LogP) is 3.15. The monoisotopic (exact) mass is 568 g/mol. The molecule has 2 aromatic rings. The molecule has 1 saturated heterocycles. The van der Waals surface area contributed by atoms with Gasteiger partial charge < -0.3 is 20.9 Å². The van der Waals surface area contributed by atoms with Gasteiger partial charge in [0.25, 0.3) is 0 Å². The first-order valence-corrected chi connectivity index (χ1v) is 9.53. The highest BCUT2D eigenvalue weighted by Gasteiger charge is 2.25. The van der Waals surface area contributed by atoms with Crippen molar-refractivity contribution >= 4 is 58.9 Å². The zero-order valence-corrected chi connectivity index (χ0v) is 19.5. The van der Waals surface area contributed by atoms with Crippen LogP contribution in [0.1, 0.15) is 6.42 Å². The molecule has 0 saturated carbocycles. The lowest BCUT2D eigenvalue weighted by molar-refractivity contribution is -0.115. The van der Waals surface area contributed by atoms with E-state index in [0.717, 1.165) is 25.1 Å². The molecule has 1 fully saturated rings. The summed E-state index contributed by atoms with van der Waals surface area (Å²) in [6, 6.07) is 5.28. The molecule has 0 spiro atoms. The normalized spacial score (nSPS) is 16.0. The highest BCUT2D eigenvalue weighted by molar-refractivity contribution is 14.0. The van der Waals surface area contributed by atoms with Crippen LogP contribution in [0.3, 0.4) is 0 Å². The Labute approximate surface area is 199 Å². The van der Waals surface area contributed by atoms with Crippen LogP contribution >= 0.6 is 35.6 Å². The molecule has 0 aliphatic carbocycles. The van der Waals surface area contributed by atoms with Gasteiger partial charge in [-0.05, 0) is 30.7 Å². The van der Waals surface area contributed by atoms with Crippen molar-refractivity contribution in [2.75, 3.05) is 36.9 Å². The van der Waals surface area contributed by atoms with E-state index in [1.807, 2.05) is 4.90 Å². The second kappa shape index (κ2) is 11.4. The lowest BCUT2D eigenvalue weighted by atomic mass is 10.2. The molecule has 2 heterocycles. The summed E-state index contributed by atoms with van der Waals surface area (Å²) < 4.78 is 39.9. The minimum absolute atomic E-state index is 0. The topological polar surface area (TPSA) is 81.6 Å². The number of pyridine rings is 1. The van der Waals surface area contributed by atoms with E-state index in [9.17, 15) is 18.0 Å². The van der Waals surface area contributed by atoms with E-state index >= 15 is 0 Å². The van der Waals surface area contributed by atoms with Crippen molar-refractivity contribution in [2.24, 2.45) is 4.99 Å². The van der Waals surface area contributed by atoms with Crippen molar-refractivity contribution in [2.45, 2.75) is 12.5 Å². The number of aromatic nitrogens is 1. The standard InChI is InChI=1S/C19H20ClF3N6O.HI/c1-24-19(26-9-15(30)28-14-5-4-13(21)16(22)17(14)23)27-11-6-8-29(10-11)18-12(20)3-2-7-25-18;/h2-5,7,11H,6,8-10H2,1H3,(H,28,30)(H2,24,26,27);1H. The summed E-state index contributed by atoms with van der Waals surface area (Å²) in [5, 5.41) is 8.76. The molecule has 1 atom stereocenters. The maximum Gasteiger partial charge on any atom is 0.243 e. The maximum absolute atomic E-state index is 13.7. The third kappa shape index (κ3) is 6.35. The smallest absolute Gasteiger partial charge is 0.243 e. The Bertz CT molecular complexity index is 964. The van der Waals surface area contributed by atoms with Crippen molar-refractivity contribution < 1.29 is 18.0 Å². The van der Waals surface area contributed by atoms with Gasteiger partial charge in [0, 0.05) is 32.4 Å². The number of amides is 1. The van der Waals surface area contributed by atoms with Crippen LogP contribution < -0.4 is 20.9 Å². The van der Waals surface area contributed by atoms with E-state index in [-0.39, 0.29) is 36.6 Å². The van der Waals surface area contributed by atoms with E-state index in [1.54, 1.807) is 25.4 Å². The number of hydrogen-bond acceptors (Lipinski definition) is 4. The van der Waals surface area contributed by atoms with E-state index in [0.29, 0.717) is 23.3 Å². The second-order valence-electron chi connectivity index (χ2n) is 6.58. The van der Waals surface area contributed by atoms with Gasteiger partial charge in [-0.25, -0.2) is 18.2 Å². The quantitative estimate of drug-likeness (QED) is 0.224. The number of rotatable bonds is 5. The molecule has 3 rings (SSSR count). The average molecular weight is 569 g/mol. The van der Waals surface area contributed by atoms with Crippen LogP contribution in [0.25, 0.3) is 0 Å².